The molecular weight excluding hydrogens is 262 g/mol. The van der Waals surface area contributed by atoms with E-state index < -0.39 is 10.0 Å². The normalized spacial score (nSPS) is 25.6. The van der Waals surface area contributed by atoms with Crippen LogP contribution in [0.4, 0.5) is 5.82 Å². The van der Waals surface area contributed by atoms with Gasteiger partial charge in [-0.2, -0.15) is 4.31 Å². The number of hydrogen-bond acceptors (Lipinski definition) is 4. The van der Waals surface area contributed by atoms with Crippen LogP contribution in [0.15, 0.2) is 18.3 Å². The first kappa shape index (κ1) is 14.3. The Morgan fingerprint density at radius 3 is 2.21 bits per heavy atom. The fraction of sp³-hybridized carbons (Fsp3) is 0.615. The van der Waals surface area contributed by atoms with E-state index in [4.69, 9.17) is 0 Å². The Labute approximate surface area is 115 Å². The topological polar surface area (TPSA) is 53.5 Å². The zero-order valence-electron chi connectivity index (χ0n) is 11.9. The molecule has 1 aliphatic heterocycles. The molecule has 2 rings (SSSR count). The quantitative estimate of drug-likeness (QED) is 0.819. The lowest BCUT2D eigenvalue weighted by atomic mass is 10.1. The average Bonchev–Trinajstić information content (AvgIpc) is 2.26. The van der Waals surface area contributed by atoms with Crippen LogP contribution in [-0.4, -0.2) is 49.1 Å². The summed E-state index contributed by atoms with van der Waals surface area (Å²) in [4.78, 5) is 6.57. The Morgan fingerprint density at radius 2 is 1.79 bits per heavy atom. The molecule has 0 spiro atoms. The number of sulfonamides is 1. The van der Waals surface area contributed by atoms with Crippen molar-refractivity contribution in [1.82, 2.24) is 9.29 Å². The van der Waals surface area contributed by atoms with E-state index in [-0.39, 0.29) is 12.1 Å². The highest BCUT2D eigenvalue weighted by Crippen LogP contribution is 2.22. The van der Waals surface area contributed by atoms with Crippen molar-refractivity contribution in [2.45, 2.75) is 32.9 Å². The van der Waals surface area contributed by atoms with E-state index in [0.717, 1.165) is 11.4 Å². The third kappa shape index (κ3) is 3.06. The third-order valence-electron chi connectivity index (χ3n) is 3.44. The van der Waals surface area contributed by atoms with Crippen LogP contribution in [0.3, 0.4) is 0 Å². The van der Waals surface area contributed by atoms with Gasteiger partial charge in [-0.25, -0.2) is 13.4 Å². The van der Waals surface area contributed by atoms with Gasteiger partial charge in [-0.1, -0.05) is 6.07 Å². The molecule has 5 nitrogen and oxygen atoms in total. The number of anilines is 1. The predicted molar refractivity (Wildman–Crippen MR) is 76.8 cm³/mol. The lowest BCUT2D eigenvalue weighted by Crippen LogP contribution is -2.58. The lowest BCUT2D eigenvalue weighted by molar-refractivity contribution is 0.242. The average molecular weight is 283 g/mol. The molecule has 1 saturated heterocycles. The fourth-order valence-corrected chi connectivity index (χ4v) is 4.24. The van der Waals surface area contributed by atoms with Gasteiger partial charge in [0.25, 0.3) is 0 Å². The molecule has 106 valence electrons. The van der Waals surface area contributed by atoms with Crippen molar-refractivity contribution in [3.63, 3.8) is 0 Å². The number of aryl methyl sites for hydroxylation is 1. The van der Waals surface area contributed by atoms with Gasteiger partial charge in [0.1, 0.15) is 5.82 Å². The van der Waals surface area contributed by atoms with Crippen molar-refractivity contribution in [2.24, 2.45) is 0 Å². The van der Waals surface area contributed by atoms with Gasteiger partial charge in [0, 0.05) is 31.4 Å². The predicted octanol–water partition coefficient (Wildman–Crippen LogP) is 1.25. The molecule has 1 fully saturated rings. The minimum Gasteiger partial charge on any atom is -0.353 e. The van der Waals surface area contributed by atoms with Gasteiger partial charge in [0.15, 0.2) is 0 Å². The van der Waals surface area contributed by atoms with Gasteiger partial charge in [-0.05, 0) is 32.4 Å². The monoisotopic (exact) mass is 283 g/mol. The summed E-state index contributed by atoms with van der Waals surface area (Å²) in [6, 6.07) is 3.94. The Balaban J connectivity index is 2.20. The Bertz CT molecular complexity index is 530. The van der Waals surface area contributed by atoms with Crippen molar-refractivity contribution < 1.29 is 8.42 Å². The molecule has 0 radical (unpaired) electrons. The van der Waals surface area contributed by atoms with Crippen molar-refractivity contribution in [1.29, 1.82) is 0 Å². The van der Waals surface area contributed by atoms with Gasteiger partial charge >= 0.3 is 0 Å². The molecule has 19 heavy (non-hydrogen) atoms. The largest absolute Gasteiger partial charge is 0.353 e. The highest BCUT2D eigenvalue weighted by atomic mass is 32.2. The van der Waals surface area contributed by atoms with Crippen molar-refractivity contribution in [3.05, 3.63) is 23.9 Å². The summed E-state index contributed by atoms with van der Waals surface area (Å²) in [6.45, 7) is 7.24. The number of nitrogens with zero attached hydrogens (tertiary/aromatic N) is 3. The summed E-state index contributed by atoms with van der Waals surface area (Å²) in [5.74, 6) is 0.914. The minimum atomic E-state index is -3.15. The molecule has 6 heteroatoms. The molecule has 2 atom stereocenters. The second-order valence-corrected chi connectivity index (χ2v) is 7.28. The van der Waals surface area contributed by atoms with Crippen molar-refractivity contribution in [2.75, 3.05) is 24.2 Å². The van der Waals surface area contributed by atoms with Gasteiger partial charge in [-0.3, -0.25) is 0 Å². The maximum Gasteiger partial charge on any atom is 0.211 e. The van der Waals surface area contributed by atoms with E-state index in [1.54, 1.807) is 4.31 Å². The van der Waals surface area contributed by atoms with Gasteiger partial charge in [0.05, 0.1) is 6.26 Å². The summed E-state index contributed by atoms with van der Waals surface area (Å²) in [5.41, 5.74) is 1.12. The summed E-state index contributed by atoms with van der Waals surface area (Å²) < 4.78 is 25.2. The number of pyridine rings is 1. The smallest absolute Gasteiger partial charge is 0.211 e. The Hall–Kier alpha value is -1.14. The van der Waals surface area contributed by atoms with E-state index in [2.05, 4.69) is 9.88 Å². The van der Waals surface area contributed by atoms with E-state index in [1.807, 2.05) is 39.1 Å². The molecular formula is C13H21N3O2S. The molecule has 1 aromatic rings. The summed E-state index contributed by atoms with van der Waals surface area (Å²) in [6.07, 6.45) is 3.12. The van der Waals surface area contributed by atoms with Crippen LogP contribution >= 0.6 is 0 Å². The molecule has 2 unspecified atom stereocenters. The Kier molecular flexibility index (Phi) is 3.82. The van der Waals surface area contributed by atoms with Crippen molar-refractivity contribution >= 4 is 15.8 Å². The van der Waals surface area contributed by atoms with Crippen LogP contribution in [0.5, 0.6) is 0 Å². The molecule has 0 amide bonds. The zero-order valence-corrected chi connectivity index (χ0v) is 12.7. The Morgan fingerprint density at radius 1 is 1.21 bits per heavy atom. The minimum absolute atomic E-state index is 0.0400. The first-order valence-electron chi connectivity index (χ1n) is 6.45. The molecule has 1 aliphatic rings. The fourth-order valence-electron chi connectivity index (χ4n) is 2.80. The zero-order chi connectivity index (χ0) is 14.2. The molecule has 0 aromatic carbocycles. The second-order valence-electron chi connectivity index (χ2n) is 5.39. The molecule has 2 heterocycles. The van der Waals surface area contributed by atoms with Gasteiger partial charge in [-0.15, -0.1) is 0 Å². The van der Waals surface area contributed by atoms with Gasteiger partial charge < -0.3 is 4.90 Å². The van der Waals surface area contributed by atoms with Gasteiger partial charge in [0.2, 0.25) is 10.0 Å². The number of aromatic nitrogens is 1. The lowest BCUT2D eigenvalue weighted by Gasteiger charge is -2.43. The molecule has 0 N–H and O–H groups in total. The van der Waals surface area contributed by atoms with Crippen LogP contribution in [0.25, 0.3) is 0 Å². The maximum atomic E-state index is 11.8. The first-order valence-corrected chi connectivity index (χ1v) is 8.30. The SMILES string of the molecule is Cc1ccc(N2CC(C)N(S(C)(=O)=O)C(C)C2)nc1. The highest BCUT2D eigenvalue weighted by Gasteiger charge is 2.35. The van der Waals surface area contributed by atoms with E-state index in [9.17, 15) is 8.42 Å². The highest BCUT2D eigenvalue weighted by molar-refractivity contribution is 7.88. The molecule has 1 aromatic heterocycles. The first-order chi connectivity index (χ1) is 8.79. The van der Waals surface area contributed by atoms with E-state index >= 15 is 0 Å². The van der Waals surface area contributed by atoms with Crippen LogP contribution in [0, 0.1) is 6.92 Å². The summed E-state index contributed by atoms with van der Waals surface area (Å²) in [5, 5.41) is 0. The molecule has 0 saturated carbocycles. The number of hydrogen-bond donors (Lipinski definition) is 0. The summed E-state index contributed by atoms with van der Waals surface area (Å²) in [7, 11) is -3.15. The van der Waals surface area contributed by atoms with E-state index in [1.165, 1.54) is 6.26 Å². The molecule has 0 bridgehead atoms. The summed E-state index contributed by atoms with van der Waals surface area (Å²) >= 11 is 0. The van der Waals surface area contributed by atoms with E-state index in [0.29, 0.717) is 13.1 Å². The number of piperazine rings is 1. The van der Waals surface area contributed by atoms with Crippen LogP contribution in [-0.2, 0) is 10.0 Å². The van der Waals surface area contributed by atoms with Crippen LogP contribution < -0.4 is 4.90 Å². The standard InChI is InChI=1S/C13H21N3O2S/c1-10-5-6-13(14-7-10)15-8-11(2)16(12(3)9-15)19(4,17)18/h5-7,11-12H,8-9H2,1-4H3. The number of rotatable bonds is 2. The third-order valence-corrected chi connectivity index (χ3v) is 4.93. The van der Waals surface area contributed by atoms with Crippen LogP contribution in [0.1, 0.15) is 19.4 Å². The molecule has 0 aliphatic carbocycles. The van der Waals surface area contributed by atoms with Crippen LogP contribution in [0.2, 0.25) is 0 Å². The second kappa shape index (κ2) is 5.09. The van der Waals surface area contributed by atoms with Crippen molar-refractivity contribution in [3.8, 4) is 0 Å². The maximum absolute atomic E-state index is 11.8.